The Kier molecular flexibility index (Phi) is 4.65. The summed E-state index contributed by atoms with van der Waals surface area (Å²) in [6, 6.07) is 9.03. The van der Waals surface area contributed by atoms with Gasteiger partial charge in [-0.1, -0.05) is 0 Å². The summed E-state index contributed by atoms with van der Waals surface area (Å²) in [6.45, 7) is 1.77. The maximum atomic E-state index is 12.1. The van der Waals surface area contributed by atoms with E-state index in [9.17, 15) is 14.7 Å². The van der Waals surface area contributed by atoms with E-state index in [4.69, 9.17) is 14.6 Å². The zero-order valence-corrected chi connectivity index (χ0v) is 14.3. The number of carbonyl (C=O) groups excluding carboxylic acids is 1. The Morgan fingerprint density at radius 2 is 1.92 bits per heavy atom. The van der Waals surface area contributed by atoms with Gasteiger partial charge in [0.05, 0.1) is 11.4 Å². The van der Waals surface area contributed by atoms with Crippen molar-refractivity contribution in [3.8, 4) is 21.9 Å². The number of nitrogens with one attached hydrogen (secondary N) is 1. The van der Waals surface area contributed by atoms with Gasteiger partial charge in [0.1, 0.15) is 13.2 Å². The van der Waals surface area contributed by atoms with Crippen LogP contribution in [0.15, 0.2) is 30.3 Å². The van der Waals surface area contributed by atoms with Crippen LogP contribution in [0.5, 0.6) is 11.5 Å². The Bertz CT molecular complexity index is 813. The Hall–Kier alpha value is -2.58. The average Bonchev–Trinajstić information content (AvgIpc) is 3.09. The quantitative estimate of drug-likeness (QED) is 0.747. The van der Waals surface area contributed by atoms with E-state index in [0.717, 1.165) is 17.4 Å². The number of carbonyl (C=O) groups is 2. The van der Waals surface area contributed by atoms with Crippen molar-refractivity contribution in [2.24, 2.45) is 0 Å². The summed E-state index contributed by atoms with van der Waals surface area (Å²) in [6.07, 6.45) is 0. The molecule has 1 aliphatic rings. The van der Waals surface area contributed by atoms with Crippen LogP contribution < -0.4 is 14.8 Å². The number of hydrogen-bond donors (Lipinski definition) is 3. The van der Waals surface area contributed by atoms with Gasteiger partial charge in [-0.2, -0.15) is 0 Å². The molecule has 1 aromatic carbocycles. The Morgan fingerprint density at radius 1 is 1.20 bits per heavy atom. The van der Waals surface area contributed by atoms with E-state index in [-0.39, 0.29) is 6.54 Å². The predicted octanol–water partition coefficient (Wildman–Crippen LogP) is 1.75. The van der Waals surface area contributed by atoms with Crippen LogP contribution in [0.3, 0.4) is 0 Å². The van der Waals surface area contributed by atoms with Crippen LogP contribution in [0.2, 0.25) is 0 Å². The topological polar surface area (TPSA) is 105 Å². The van der Waals surface area contributed by atoms with Crippen molar-refractivity contribution >= 4 is 23.2 Å². The number of benzene rings is 1. The summed E-state index contributed by atoms with van der Waals surface area (Å²) in [5.74, 6) is -0.465. The molecule has 25 heavy (non-hydrogen) atoms. The van der Waals surface area contributed by atoms with Crippen molar-refractivity contribution in [3.05, 3.63) is 35.2 Å². The van der Waals surface area contributed by atoms with Gasteiger partial charge in [-0.25, -0.2) is 4.79 Å². The predicted molar refractivity (Wildman–Crippen MR) is 91.3 cm³/mol. The molecular weight excluding hydrogens is 346 g/mol. The number of rotatable bonds is 5. The van der Waals surface area contributed by atoms with Crippen LogP contribution >= 0.6 is 11.3 Å². The van der Waals surface area contributed by atoms with Crippen LogP contribution in [0.4, 0.5) is 0 Å². The Balaban J connectivity index is 1.72. The molecule has 132 valence electrons. The van der Waals surface area contributed by atoms with Crippen LogP contribution in [-0.2, 0) is 4.79 Å². The number of carboxylic acids is 1. The zero-order chi connectivity index (χ0) is 18.0. The third-order valence-electron chi connectivity index (χ3n) is 3.71. The first-order valence-electron chi connectivity index (χ1n) is 7.61. The fourth-order valence-corrected chi connectivity index (χ4v) is 3.15. The van der Waals surface area contributed by atoms with Gasteiger partial charge < -0.3 is 25.0 Å². The standard InChI is InChI=1S/C17H17NO6S/c1-17(22,16(20)21)9-18-15(19)14-5-4-13(25-14)10-2-3-11-12(8-10)24-7-6-23-11/h2-5,8,22H,6-7,9H2,1H3,(H,18,19)(H,20,21). The lowest BCUT2D eigenvalue weighted by Crippen LogP contribution is -2.46. The number of aliphatic hydroxyl groups is 1. The molecule has 3 N–H and O–H groups in total. The lowest BCUT2D eigenvalue weighted by atomic mass is 10.1. The molecule has 1 amide bonds. The Morgan fingerprint density at radius 3 is 2.64 bits per heavy atom. The molecule has 1 atom stereocenters. The van der Waals surface area contributed by atoms with E-state index < -0.39 is 17.5 Å². The Labute approximate surface area is 147 Å². The molecule has 0 radical (unpaired) electrons. The molecule has 2 heterocycles. The largest absolute Gasteiger partial charge is 0.486 e. The molecule has 2 aromatic rings. The van der Waals surface area contributed by atoms with Gasteiger partial charge in [0.15, 0.2) is 17.1 Å². The number of carboxylic acid groups (broad SMARTS) is 1. The molecule has 7 nitrogen and oxygen atoms in total. The second kappa shape index (κ2) is 6.73. The molecule has 0 saturated heterocycles. The molecule has 0 spiro atoms. The van der Waals surface area contributed by atoms with Gasteiger partial charge in [0.25, 0.3) is 5.91 Å². The summed E-state index contributed by atoms with van der Waals surface area (Å²) in [4.78, 5) is 24.3. The van der Waals surface area contributed by atoms with Crippen LogP contribution in [0.25, 0.3) is 10.4 Å². The van der Waals surface area contributed by atoms with E-state index in [2.05, 4.69) is 5.32 Å². The number of fused-ring (bicyclic) bond motifs is 1. The third kappa shape index (κ3) is 3.75. The fourth-order valence-electron chi connectivity index (χ4n) is 2.23. The maximum absolute atomic E-state index is 12.1. The van der Waals surface area contributed by atoms with Gasteiger partial charge in [-0.15, -0.1) is 11.3 Å². The molecule has 0 bridgehead atoms. The molecule has 3 rings (SSSR count). The van der Waals surface area contributed by atoms with Crippen molar-refractivity contribution in [3.63, 3.8) is 0 Å². The summed E-state index contributed by atoms with van der Waals surface area (Å²) in [5, 5.41) is 20.9. The van der Waals surface area contributed by atoms with E-state index in [1.54, 1.807) is 12.1 Å². The van der Waals surface area contributed by atoms with E-state index in [0.29, 0.717) is 29.6 Å². The highest BCUT2D eigenvalue weighted by molar-refractivity contribution is 7.17. The SMILES string of the molecule is CC(O)(CNC(=O)c1ccc(-c2ccc3c(c2)OCCO3)s1)C(=O)O. The minimum absolute atomic E-state index is 0.377. The highest BCUT2D eigenvalue weighted by Crippen LogP contribution is 2.36. The summed E-state index contributed by atoms with van der Waals surface area (Å²) in [7, 11) is 0. The number of hydrogen-bond acceptors (Lipinski definition) is 6. The molecule has 1 aliphatic heterocycles. The first-order chi connectivity index (χ1) is 11.9. The summed E-state index contributed by atoms with van der Waals surface area (Å²) >= 11 is 1.27. The van der Waals surface area contributed by atoms with Crippen molar-refractivity contribution in [2.45, 2.75) is 12.5 Å². The second-order valence-corrected chi connectivity index (χ2v) is 6.87. The number of thiophene rings is 1. The van der Waals surface area contributed by atoms with Crippen molar-refractivity contribution in [2.75, 3.05) is 19.8 Å². The molecule has 0 aliphatic carbocycles. The number of amides is 1. The van der Waals surface area contributed by atoms with Crippen molar-refractivity contribution in [1.29, 1.82) is 0 Å². The first-order valence-corrected chi connectivity index (χ1v) is 8.42. The average molecular weight is 363 g/mol. The highest BCUT2D eigenvalue weighted by Gasteiger charge is 2.30. The first kappa shape index (κ1) is 17.2. The summed E-state index contributed by atoms with van der Waals surface area (Å²) < 4.78 is 11.0. The molecule has 1 unspecified atom stereocenters. The van der Waals surface area contributed by atoms with Crippen molar-refractivity contribution in [1.82, 2.24) is 5.32 Å². The minimum Gasteiger partial charge on any atom is -0.486 e. The smallest absolute Gasteiger partial charge is 0.337 e. The molecular formula is C17H17NO6S. The van der Waals surface area contributed by atoms with E-state index >= 15 is 0 Å². The van der Waals surface area contributed by atoms with Crippen LogP contribution in [0, 0.1) is 0 Å². The maximum Gasteiger partial charge on any atom is 0.337 e. The fraction of sp³-hybridized carbons (Fsp3) is 0.294. The lowest BCUT2D eigenvalue weighted by Gasteiger charge is -2.18. The molecule has 0 fully saturated rings. The monoisotopic (exact) mass is 363 g/mol. The van der Waals surface area contributed by atoms with Gasteiger partial charge in [0.2, 0.25) is 0 Å². The normalized spacial score (nSPS) is 15.3. The van der Waals surface area contributed by atoms with Gasteiger partial charge >= 0.3 is 5.97 Å². The molecule has 0 saturated carbocycles. The zero-order valence-electron chi connectivity index (χ0n) is 13.4. The van der Waals surface area contributed by atoms with Crippen molar-refractivity contribution < 1.29 is 29.3 Å². The van der Waals surface area contributed by atoms with E-state index in [1.807, 2.05) is 18.2 Å². The summed E-state index contributed by atoms with van der Waals surface area (Å²) in [5.41, 5.74) is -1.11. The van der Waals surface area contributed by atoms with Gasteiger partial charge in [-0.05, 0) is 42.8 Å². The molecule has 8 heteroatoms. The van der Waals surface area contributed by atoms with Crippen LogP contribution in [-0.4, -0.2) is 47.4 Å². The molecule has 1 aromatic heterocycles. The van der Waals surface area contributed by atoms with Gasteiger partial charge in [0, 0.05) is 4.88 Å². The number of aliphatic carboxylic acids is 1. The minimum atomic E-state index is -2.01. The highest BCUT2D eigenvalue weighted by atomic mass is 32.1. The lowest BCUT2D eigenvalue weighted by molar-refractivity contribution is -0.155. The number of ether oxygens (including phenoxy) is 2. The van der Waals surface area contributed by atoms with Crippen LogP contribution in [0.1, 0.15) is 16.6 Å². The third-order valence-corrected chi connectivity index (χ3v) is 4.84. The second-order valence-electron chi connectivity index (χ2n) is 5.78. The van der Waals surface area contributed by atoms with Gasteiger partial charge in [-0.3, -0.25) is 4.79 Å². The van der Waals surface area contributed by atoms with E-state index in [1.165, 1.54) is 11.3 Å².